The van der Waals surface area contributed by atoms with Gasteiger partial charge in [-0.3, -0.25) is 0 Å². The van der Waals surface area contributed by atoms with E-state index in [1.165, 1.54) is 55.0 Å². The summed E-state index contributed by atoms with van der Waals surface area (Å²) in [5.41, 5.74) is 7.47. The van der Waals surface area contributed by atoms with Gasteiger partial charge in [0.25, 0.3) is 0 Å². The predicted octanol–water partition coefficient (Wildman–Crippen LogP) is 7.91. The average Bonchev–Trinajstić information content (AvgIpc) is 3.13. The standard InChI is InChI=1S/C29H21N/c1-20-13-16-23(17-14-20)30-28-12-5-4-10-26(28)27-18-15-22(19-29(27)30)25-11-6-8-21-7-2-3-9-24(21)25/h2-19H,1H3. The van der Waals surface area contributed by atoms with Gasteiger partial charge in [0, 0.05) is 16.5 Å². The minimum atomic E-state index is 1.20. The first-order chi connectivity index (χ1) is 14.8. The second kappa shape index (κ2) is 6.60. The van der Waals surface area contributed by atoms with Crippen molar-refractivity contribution >= 4 is 32.6 Å². The summed E-state index contributed by atoms with van der Waals surface area (Å²) < 4.78 is 2.39. The summed E-state index contributed by atoms with van der Waals surface area (Å²) in [4.78, 5) is 0. The zero-order valence-corrected chi connectivity index (χ0v) is 16.8. The molecule has 0 atom stereocenters. The summed E-state index contributed by atoms with van der Waals surface area (Å²) in [6, 6.07) is 39.5. The smallest absolute Gasteiger partial charge is 0.0547 e. The van der Waals surface area contributed by atoms with Crippen LogP contribution in [0.3, 0.4) is 0 Å². The van der Waals surface area contributed by atoms with Crippen molar-refractivity contribution in [2.24, 2.45) is 0 Å². The molecule has 5 aromatic carbocycles. The molecule has 0 aliphatic rings. The monoisotopic (exact) mass is 383 g/mol. The van der Waals surface area contributed by atoms with E-state index in [-0.39, 0.29) is 0 Å². The fourth-order valence-corrected chi connectivity index (χ4v) is 4.59. The van der Waals surface area contributed by atoms with Gasteiger partial charge >= 0.3 is 0 Å². The lowest BCUT2D eigenvalue weighted by Crippen LogP contribution is -1.94. The number of para-hydroxylation sites is 1. The third kappa shape index (κ3) is 2.56. The van der Waals surface area contributed by atoms with Gasteiger partial charge in [-0.1, -0.05) is 90.5 Å². The Bertz CT molecular complexity index is 1530. The van der Waals surface area contributed by atoms with Crippen LogP contribution in [0.1, 0.15) is 5.56 Å². The molecule has 1 heterocycles. The van der Waals surface area contributed by atoms with Gasteiger partial charge in [-0.2, -0.15) is 0 Å². The Morgan fingerprint density at radius 2 is 1.23 bits per heavy atom. The Hall–Kier alpha value is -3.84. The van der Waals surface area contributed by atoms with Crippen molar-refractivity contribution in [3.8, 4) is 16.8 Å². The lowest BCUT2D eigenvalue weighted by Gasteiger charge is -2.10. The van der Waals surface area contributed by atoms with Crippen molar-refractivity contribution in [1.29, 1.82) is 0 Å². The maximum atomic E-state index is 2.39. The highest BCUT2D eigenvalue weighted by Crippen LogP contribution is 2.36. The second-order valence-corrected chi connectivity index (χ2v) is 7.95. The molecule has 1 nitrogen and oxygen atoms in total. The fourth-order valence-electron chi connectivity index (χ4n) is 4.59. The molecule has 1 heteroatoms. The lowest BCUT2D eigenvalue weighted by molar-refractivity contribution is 1.17. The van der Waals surface area contributed by atoms with E-state index in [2.05, 4.69) is 121 Å². The Balaban J connectivity index is 1.69. The van der Waals surface area contributed by atoms with Crippen molar-refractivity contribution in [2.75, 3.05) is 0 Å². The van der Waals surface area contributed by atoms with Crippen LogP contribution in [-0.4, -0.2) is 4.57 Å². The minimum Gasteiger partial charge on any atom is -0.309 e. The first-order valence-electron chi connectivity index (χ1n) is 10.4. The van der Waals surface area contributed by atoms with Gasteiger partial charge in [-0.15, -0.1) is 0 Å². The molecule has 1 aromatic heterocycles. The van der Waals surface area contributed by atoms with Crippen molar-refractivity contribution in [2.45, 2.75) is 6.92 Å². The van der Waals surface area contributed by atoms with Crippen LogP contribution in [0.5, 0.6) is 0 Å². The van der Waals surface area contributed by atoms with E-state index in [1.54, 1.807) is 0 Å². The Labute approximate surface area is 175 Å². The van der Waals surface area contributed by atoms with E-state index in [9.17, 15) is 0 Å². The Morgan fingerprint density at radius 1 is 0.533 bits per heavy atom. The number of benzene rings is 5. The predicted molar refractivity (Wildman–Crippen MR) is 128 cm³/mol. The molecule has 0 spiro atoms. The normalized spacial score (nSPS) is 11.5. The lowest BCUT2D eigenvalue weighted by atomic mass is 9.97. The van der Waals surface area contributed by atoms with Crippen LogP contribution in [0.4, 0.5) is 0 Å². The maximum absolute atomic E-state index is 2.39. The van der Waals surface area contributed by atoms with Gasteiger partial charge in [0.1, 0.15) is 0 Å². The quantitative estimate of drug-likeness (QED) is 0.286. The molecule has 0 N–H and O–H groups in total. The molecule has 0 fully saturated rings. The zero-order valence-electron chi connectivity index (χ0n) is 16.8. The second-order valence-electron chi connectivity index (χ2n) is 7.95. The minimum absolute atomic E-state index is 1.20. The highest BCUT2D eigenvalue weighted by Gasteiger charge is 2.13. The summed E-state index contributed by atoms with van der Waals surface area (Å²) in [7, 11) is 0. The Morgan fingerprint density at radius 3 is 2.10 bits per heavy atom. The van der Waals surface area contributed by atoms with Crippen molar-refractivity contribution < 1.29 is 0 Å². The molecule has 6 rings (SSSR count). The first kappa shape index (κ1) is 17.1. The fraction of sp³-hybridized carbons (Fsp3) is 0.0345. The molecule has 0 saturated carbocycles. The molecule has 0 radical (unpaired) electrons. The highest BCUT2D eigenvalue weighted by molar-refractivity contribution is 6.11. The average molecular weight is 383 g/mol. The van der Waals surface area contributed by atoms with Crippen LogP contribution in [0.25, 0.3) is 49.4 Å². The number of hydrogen-bond acceptors (Lipinski definition) is 0. The molecule has 0 aliphatic heterocycles. The zero-order chi connectivity index (χ0) is 20.1. The number of rotatable bonds is 2. The van der Waals surface area contributed by atoms with Crippen molar-refractivity contribution in [3.63, 3.8) is 0 Å². The molecular weight excluding hydrogens is 362 g/mol. The van der Waals surface area contributed by atoms with E-state index < -0.39 is 0 Å². The molecule has 0 bridgehead atoms. The van der Waals surface area contributed by atoms with E-state index in [0.717, 1.165) is 0 Å². The molecule has 6 aromatic rings. The van der Waals surface area contributed by atoms with E-state index in [4.69, 9.17) is 0 Å². The molecule has 0 amide bonds. The van der Waals surface area contributed by atoms with Crippen LogP contribution in [-0.2, 0) is 0 Å². The van der Waals surface area contributed by atoms with Crippen LogP contribution in [0.15, 0.2) is 109 Å². The van der Waals surface area contributed by atoms with Crippen LogP contribution in [0, 0.1) is 6.92 Å². The van der Waals surface area contributed by atoms with E-state index in [0.29, 0.717) is 0 Å². The molecule has 0 unspecified atom stereocenters. The highest BCUT2D eigenvalue weighted by atomic mass is 15.0. The van der Waals surface area contributed by atoms with Gasteiger partial charge in [0.15, 0.2) is 0 Å². The third-order valence-electron chi connectivity index (χ3n) is 6.07. The maximum Gasteiger partial charge on any atom is 0.0547 e. The number of aryl methyl sites for hydroxylation is 1. The molecule has 142 valence electrons. The first-order valence-corrected chi connectivity index (χ1v) is 10.4. The molecular formula is C29H21N. The summed E-state index contributed by atoms with van der Waals surface area (Å²) >= 11 is 0. The van der Waals surface area contributed by atoms with Gasteiger partial charge in [0.05, 0.1) is 11.0 Å². The molecule has 0 saturated heterocycles. The van der Waals surface area contributed by atoms with Crippen LogP contribution >= 0.6 is 0 Å². The van der Waals surface area contributed by atoms with E-state index >= 15 is 0 Å². The van der Waals surface area contributed by atoms with Crippen LogP contribution < -0.4 is 0 Å². The van der Waals surface area contributed by atoms with Gasteiger partial charge in [-0.05, 0) is 53.1 Å². The number of hydrogen-bond donors (Lipinski definition) is 0. The number of fused-ring (bicyclic) bond motifs is 4. The SMILES string of the molecule is Cc1ccc(-n2c3ccccc3c3ccc(-c4cccc5ccccc45)cc32)cc1. The molecule has 0 aliphatic carbocycles. The number of aromatic nitrogens is 1. The topological polar surface area (TPSA) is 4.93 Å². The summed E-state index contributed by atoms with van der Waals surface area (Å²) in [5, 5.41) is 5.14. The van der Waals surface area contributed by atoms with Gasteiger partial charge in [0.2, 0.25) is 0 Å². The van der Waals surface area contributed by atoms with Gasteiger partial charge in [-0.25, -0.2) is 0 Å². The summed E-state index contributed by atoms with van der Waals surface area (Å²) in [5.74, 6) is 0. The molecule has 30 heavy (non-hydrogen) atoms. The van der Waals surface area contributed by atoms with Gasteiger partial charge < -0.3 is 4.57 Å². The summed E-state index contributed by atoms with van der Waals surface area (Å²) in [6.45, 7) is 2.13. The Kier molecular flexibility index (Phi) is 3.75. The van der Waals surface area contributed by atoms with E-state index in [1.807, 2.05) is 0 Å². The largest absolute Gasteiger partial charge is 0.309 e. The van der Waals surface area contributed by atoms with Crippen LogP contribution in [0.2, 0.25) is 0 Å². The summed E-state index contributed by atoms with van der Waals surface area (Å²) in [6.07, 6.45) is 0. The van der Waals surface area contributed by atoms with Crippen molar-refractivity contribution in [3.05, 3.63) is 115 Å². The van der Waals surface area contributed by atoms with Crippen molar-refractivity contribution in [1.82, 2.24) is 4.57 Å². The number of nitrogens with zero attached hydrogens (tertiary/aromatic N) is 1. The third-order valence-corrected chi connectivity index (χ3v) is 6.07.